The summed E-state index contributed by atoms with van der Waals surface area (Å²) in [6.45, 7) is 0. The van der Waals surface area contributed by atoms with E-state index in [2.05, 4.69) is 5.32 Å². The van der Waals surface area contributed by atoms with E-state index < -0.39 is 11.6 Å². The molecule has 0 heterocycles. The third kappa shape index (κ3) is 2.27. The minimum atomic E-state index is -0.552. The number of methoxy groups -OCH3 is 1. The predicted octanol–water partition coefficient (Wildman–Crippen LogP) is 3.18. The van der Waals surface area contributed by atoms with Crippen molar-refractivity contribution in [3.05, 3.63) is 35.4 Å². The number of halogens is 2. The van der Waals surface area contributed by atoms with Crippen LogP contribution >= 0.6 is 0 Å². The average molecular weight is 255 g/mol. The molecule has 1 saturated carbocycles. The minimum Gasteiger partial charge on any atom is -0.376 e. The first-order valence-corrected chi connectivity index (χ1v) is 6.30. The van der Waals surface area contributed by atoms with Crippen LogP contribution < -0.4 is 5.32 Å². The van der Waals surface area contributed by atoms with Gasteiger partial charge in [0.15, 0.2) is 0 Å². The van der Waals surface area contributed by atoms with E-state index in [-0.39, 0.29) is 11.6 Å². The fourth-order valence-corrected chi connectivity index (χ4v) is 3.02. The van der Waals surface area contributed by atoms with Crippen molar-refractivity contribution in [1.29, 1.82) is 0 Å². The first-order valence-electron chi connectivity index (χ1n) is 6.30. The lowest BCUT2D eigenvalue weighted by atomic mass is 9.86. The van der Waals surface area contributed by atoms with E-state index in [1.807, 2.05) is 0 Å². The van der Waals surface area contributed by atoms with E-state index in [1.54, 1.807) is 14.2 Å². The molecule has 1 atom stereocenters. The van der Waals surface area contributed by atoms with Crippen molar-refractivity contribution >= 4 is 0 Å². The maximum absolute atomic E-state index is 13.9. The van der Waals surface area contributed by atoms with Crippen LogP contribution in [0, 0.1) is 11.6 Å². The van der Waals surface area contributed by atoms with E-state index in [1.165, 1.54) is 12.1 Å². The van der Waals surface area contributed by atoms with Crippen molar-refractivity contribution in [2.24, 2.45) is 0 Å². The molecule has 1 fully saturated rings. The van der Waals surface area contributed by atoms with Crippen LogP contribution in [0.1, 0.15) is 37.3 Å². The van der Waals surface area contributed by atoms with E-state index >= 15 is 0 Å². The molecule has 1 aromatic rings. The third-order valence-electron chi connectivity index (χ3n) is 3.94. The Balaban J connectivity index is 2.38. The molecular formula is C14H19F2NO. The highest BCUT2D eigenvalue weighted by Crippen LogP contribution is 2.42. The Morgan fingerprint density at radius 2 is 1.94 bits per heavy atom. The molecule has 0 saturated heterocycles. The second kappa shape index (κ2) is 5.33. The lowest BCUT2D eigenvalue weighted by molar-refractivity contribution is -0.0357. The average Bonchev–Trinajstić information content (AvgIpc) is 2.83. The first kappa shape index (κ1) is 13.4. The molecule has 1 N–H and O–H groups in total. The lowest BCUT2D eigenvalue weighted by Crippen LogP contribution is -2.42. The molecule has 0 spiro atoms. The number of nitrogens with one attached hydrogen (secondary N) is 1. The van der Waals surface area contributed by atoms with Crippen LogP contribution in [0.2, 0.25) is 0 Å². The summed E-state index contributed by atoms with van der Waals surface area (Å²) in [5, 5.41) is 3.12. The van der Waals surface area contributed by atoms with Crippen LogP contribution in [0.15, 0.2) is 18.2 Å². The van der Waals surface area contributed by atoms with Gasteiger partial charge < -0.3 is 10.1 Å². The summed E-state index contributed by atoms with van der Waals surface area (Å²) in [5.74, 6) is -1.07. The maximum atomic E-state index is 13.9. The van der Waals surface area contributed by atoms with Gasteiger partial charge in [-0.3, -0.25) is 0 Å². The summed E-state index contributed by atoms with van der Waals surface area (Å²) >= 11 is 0. The molecular weight excluding hydrogens is 236 g/mol. The van der Waals surface area contributed by atoms with Gasteiger partial charge in [0.05, 0.1) is 11.6 Å². The molecule has 0 aliphatic heterocycles. The summed E-state index contributed by atoms with van der Waals surface area (Å²) in [6, 6.07) is 3.48. The third-order valence-corrected chi connectivity index (χ3v) is 3.94. The fourth-order valence-electron chi connectivity index (χ4n) is 3.02. The number of likely N-dealkylation sites (N-methyl/N-ethyl adjacent to an activating group) is 1. The van der Waals surface area contributed by atoms with Crippen molar-refractivity contribution in [2.75, 3.05) is 14.2 Å². The zero-order valence-electron chi connectivity index (χ0n) is 10.8. The van der Waals surface area contributed by atoms with Gasteiger partial charge in [0.1, 0.15) is 11.6 Å². The summed E-state index contributed by atoms with van der Waals surface area (Å²) in [6.07, 6.45) is 3.95. The van der Waals surface area contributed by atoms with E-state index in [9.17, 15) is 8.78 Å². The number of ether oxygens (including phenoxy) is 1. The molecule has 1 aromatic carbocycles. The van der Waals surface area contributed by atoms with E-state index in [0.29, 0.717) is 5.56 Å². The first-order chi connectivity index (χ1) is 8.63. The van der Waals surface area contributed by atoms with Gasteiger partial charge in [-0.1, -0.05) is 18.9 Å². The number of hydrogen-bond donors (Lipinski definition) is 1. The van der Waals surface area contributed by atoms with Gasteiger partial charge in [0, 0.05) is 18.7 Å². The van der Waals surface area contributed by atoms with E-state index in [0.717, 1.165) is 31.7 Å². The van der Waals surface area contributed by atoms with Gasteiger partial charge in [0.25, 0.3) is 0 Å². The Morgan fingerprint density at radius 3 is 2.44 bits per heavy atom. The summed E-state index contributed by atoms with van der Waals surface area (Å²) in [7, 11) is 3.45. The van der Waals surface area contributed by atoms with Crippen molar-refractivity contribution in [2.45, 2.75) is 37.3 Å². The standard InChI is InChI=1S/C14H19F2NO/c1-17-13(14(18-2)7-3-4-8-14)11-6-5-10(15)9-12(11)16/h5-6,9,13,17H,3-4,7-8H2,1-2H3. The second-order valence-electron chi connectivity index (χ2n) is 4.86. The van der Waals surface area contributed by atoms with Crippen LogP contribution in [-0.2, 0) is 4.74 Å². The van der Waals surface area contributed by atoms with Crippen molar-refractivity contribution in [3.8, 4) is 0 Å². The van der Waals surface area contributed by atoms with Crippen molar-refractivity contribution in [3.63, 3.8) is 0 Å². The molecule has 2 rings (SSSR count). The summed E-state index contributed by atoms with van der Waals surface area (Å²) in [5.41, 5.74) is 0.0931. The van der Waals surface area contributed by atoms with Gasteiger partial charge in [0.2, 0.25) is 0 Å². The number of rotatable bonds is 4. The monoisotopic (exact) mass is 255 g/mol. The summed E-state index contributed by atoms with van der Waals surface area (Å²) < 4.78 is 32.6. The van der Waals surface area contributed by atoms with E-state index in [4.69, 9.17) is 4.74 Å². The molecule has 1 aliphatic carbocycles. The Hall–Kier alpha value is -1.00. The molecule has 0 bridgehead atoms. The minimum absolute atomic E-state index is 0.245. The number of benzene rings is 1. The highest BCUT2D eigenvalue weighted by molar-refractivity contribution is 5.25. The van der Waals surface area contributed by atoms with Crippen molar-refractivity contribution < 1.29 is 13.5 Å². The van der Waals surface area contributed by atoms with Crippen LogP contribution in [-0.4, -0.2) is 19.8 Å². The highest BCUT2D eigenvalue weighted by Gasteiger charge is 2.42. The molecule has 1 unspecified atom stereocenters. The Kier molecular flexibility index (Phi) is 3.97. The fraction of sp³-hybridized carbons (Fsp3) is 0.571. The Bertz CT molecular complexity index is 416. The molecule has 100 valence electrons. The summed E-state index contributed by atoms with van der Waals surface area (Å²) in [4.78, 5) is 0. The quantitative estimate of drug-likeness (QED) is 0.892. The molecule has 0 amide bonds. The Morgan fingerprint density at radius 1 is 1.28 bits per heavy atom. The number of hydrogen-bond acceptors (Lipinski definition) is 2. The largest absolute Gasteiger partial charge is 0.376 e. The normalized spacial score (nSPS) is 20.0. The van der Waals surface area contributed by atoms with Gasteiger partial charge >= 0.3 is 0 Å². The van der Waals surface area contributed by atoms with Crippen LogP contribution in [0.5, 0.6) is 0 Å². The van der Waals surface area contributed by atoms with Crippen LogP contribution in [0.4, 0.5) is 8.78 Å². The maximum Gasteiger partial charge on any atom is 0.131 e. The van der Waals surface area contributed by atoms with Gasteiger partial charge in [-0.05, 0) is 26.0 Å². The Labute approximate surface area is 106 Å². The van der Waals surface area contributed by atoms with Crippen LogP contribution in [0.3, 0.4) is 0 Å². The zero-order valence-corrected chi connectivity index (χ0v) is 10.8. The topological polar surface area (TPSA) is 21.3 Å². The molecule has 18 heavy (non-hydrogen) atoms. The smallest absolute Gasteiger partial charge is 0.131 e. The van der Waals surface area contributed by atoms with Gasteiger partial charge in [-0.2, -0.15) is 0 Å². The van der Waals surface area contributed by atoms with Gasteiger partial charge in [-0.25, -0.2) is 8.78 Å². The van der Waals surface area contributed by atoms with Crippen molar-refractivity contribution in [1.82, 2.24) is 5.32 Å². The molecule has 2 nitrogen and oxygen atoms in total. The van der Waals surface area contributed by atoms with Gasteiger partial charge in [-0.15, -0.1) is 0 Å². The highest BCUT2D eigenvalue weighted by atomic mass is 19.1. The molecule has 0 aromatic heterocycles. The molecule has 4 heteroatoms. The predicted molar refractivity (Wildman–Crippen MR) is 66.4 cm³/mol. The molecule has 1 aliphatic rings. The van der Waals surface area contributed by atoms with Crippen LogP contribution in [0.25, 0.3) is 0 Å². The SMILES string of the molecule is CNC(c1ccc(F)cc1F)C1(OC)CCCC1. The molecule has 0 radical (unpaired) electrons. The lowest BCUT2D eigenvalue weighted by Gasteiger charge is -2.36. The zero-order chi connectivity index (χ0) is 13.2. The second-order valence-corrected chi connectivity index (χ2v) is 4.86.